The third-order valence-electron chi connectivity index (χ3n) is 4.45. The number of hydrogen-bond acceptors (Lipinski definition) is 4. The van der Waals surface area contributed by atoms with Gasteiger partial charge >= 0.3 is 0 Å². The number of rotatable bonds is 5. The lowest BCUT2D eigenvalue weighted by atomic mass is 10.1. The molecular weight excluding hydrogens is 446 g/mol. The van der Waals surface area contributed by atoms with E-state index in [0.29, 0.717) is 0 Å². The zero-order chi connectivity index (χ0) is 20.3. The zero-order valence-corrected chi connectivity index (χ0v) is 17.6. The summed E-state index contributed by atoms with van der Waals surface area (Å²) in [5.41, 5.74) is 1.17. The minimum Gasteiger partial charge on any atom is -0.354 e. The molecule has 3 rings (SSSR count). The SMILES string of the molecule is C[C@@H](NC(=O)c1cccc(S(=O)(=O)N2CCNC(=O)C2)c1)c1ccc(Br)cc1. The molecule has 148 valence electrons. The first-order chi connectivity index (χ1) is 13.3. The third-order valence-corrected chi connectivity index (χ3v) is 6.82. The molecule has 0 spiro atoms. The molecular formula is C19H20BrN3O4S. The van der Waals surface area contributed by atoms with Gasteiger partial charge in [0.25, 0.3) is 5.91 Å². The summed E-state index contributed by atoms with van der Waals surface area (Å²) in [5, 5.41) is 5.46. The lowest BCUT2D eigenvalue weighted by Crippen LogP contribution is -2.49. The Morgan fingerprint density at radius 3 is 2.61 bits per heavy atom. The van der Waals surface area contributed by atoms with Crippen LogP contribution in [0.3, 0.4) is 0 Å². The van der Waals surface area contributed by atoms with Crippen LogP contribution >= 0.6 is 15.9 Å². The Bertz CT molecular complexity index is 992. The molecule has 1 atom stereocenters. The average Bonchev–Trinajstić information content (AvgIpc) is 2.68. The zero-order valence-electron chi connectivity index (χ0n) is 15.2. The van der Waals surface area contributed by atoms with E-state index in [1.165, 1.54) is 18.2 Å². The van der Waals surface area contributed by atoms with E-state index in [4.69, 9.17) is 0 Å². The van der Waals surface area contributed by atoms with Crippen LogP contribution in [-0.4, -0.2) is 44.2 Å². The molecule has 7 nitrogen and oxygen atoms in total. The highest BCUT2D eigenvalue weighted by Gasteiger charge is 2.29. The Morgan fingerprint density at radius 1 is 1.21 bits per heavy atom. The predicted octanol–water partition coefficient (Wildman–Crippen LogP) is 2.06. The summed E-state index contributed by atoms with van der Waals surface area (Å²) in [5.74, 6) is -0.712. The number of piperazine rings is 1. The fourth-order valence-electron chi connectivity index (χ4n) is 2.88. The Labute approximate surface area is 172 Å². The standard InChI is InChI=1S/C19H20BrN3O4S/c1-13(14-5-7-16(20)8-6-14)22-19(25)15-3-2-4-17(11-15)28(26,27)23-10-9-21-18(24)12-23/h2-8,11,13H,9-10,12H2,1H3,(H,21,24)(H,22,25)/t13-/m1/s1. The molecule has 2 amide bonds. The van der Waals surface area contributed by atoms with E-state index < -0.39 is 10.0 Å². The van der Waals surface area contributed by atoms with Crippen LogP contribution in [-0.2, 0) is 14.8 Å². The number of halogens is 1. The number of carbonyl (C=O) groups is 2. The summed E-state index contributed by atoms with van der Waals surface area (Å²) in [4.78, 5) is 24.1. The number of nitrogens with one attached hydrogen (secondary N) is 2. The molecule has 2 aromatic carbocycles. The van der Waals surface area contributed by atoms with Crippen molar-refractivity contribution in [2.24, 2.45) is 0 Å². The van der Waals surface area contributed by atoms with Gasteiger partial charge in [0.2, 0.25) is 15.9 Å². The van der Waals surface area contributed by atoms with Gasteiger partial charge in [-0.25, -0.2) is 8.42 Å². The van der Waals surface area contributed by atoms with Crippen molar-refractivity contribution in [3.05, 3.63) is 64.1 Å². The first-order valence-corrected chi connectivity index (χ1v) is 10.9. The van der Waals surface area contributed by atoms with Gasteiger partial charge in [-0.15, -0.1) is 0 Å². The monoisotopic (exact) mass is 465 g/mol. The first-order valence-electron chi connectivity index (χ1n) is 8.70. The molecule has 0 radical (unpaired) electrons. The molecule has 1 aliphatic heterocycles. The van der Waals surface area contributed by atoms with Crippen molar-refractivity contribution in [2.75, 3.05) is 19.6 Å². The van der Waals surface area contributed by atoms with Gasteiger partial charge in [-0.2, -0.15) is 4.31 Å². The summed E-state index contributed by atoms with van der Waals surface area (Å²) >= 11 is 3.37. The topological polar surface area (TPSA) is 95.6 Å². The summed E-state index contributed by atoms with van der Waals surface area (Å²) in [6.07, 6.45) is 0. The van der Waals surface area contributed by atoms with Crippen LogP contribution in [0.15, 0.2) is 57.9 Å². The lowest BCUT2D eigenvalue weighted by molar-refractivity contribution is -0.122. The molecule has 0 bridgehead atoms. The molecule has 1 fully saturated rings. The second kappa shape index (κ2) is 8.42. The van der Waals surface area contributed by atoms with Crippen LogP contribution in [0.25, 0.3) is 0 Å². The minimum absolute atomic E-state index is 0.00820. The van der Waals surface area contributed by atoms with Gasteiger partial charge in [0.05, 0.1) is 17.5 Å². The highest BCUT2D eigenvalue weighted by Crippen LogP contribution is 2.20. The van der Waals surface area contributed by atoms with E-state index >= 15 is 0 Å². The molecule has 1 heterocycles. The third kappa shape index (κ3) is 4.60. The van der Waals surface area contributed by atoms with Gasteiger partial charge in [0.1, 0.15) is 0 Å². The van der Waals surface area contributed by atoms with Crippen LogP contribution in [0.5, 0.6) is 0 Å². The normalized spacial score (nSPS) is 16.3. The van der Waals surface area contributed by atoms with Gasteiger partial charge in [-0.3, -0.25) is 9.59 Å². The maximum Gasteiger partial charge on any atom is 0.251 e. The fraction of sp³-hybridized carbons (Fsp3) is 0.263. The van der Waals surface area contributed by atoms with Gasteiger partial charge in [-0.1, -0.05) is 34.1 Å². The predicted molar refractivity (Wildman–Crippen MR) is 108 cm³/mol. The van der Waals surface area contributed by atoms with Crippen molar-refractivity contribution >= 4 is 37.8 Å². The molecule has 2 aromatic rings. The van der Waals surface area contributed by atoms with E-state index in [0.717, 1.165) is 14.3 Å². The quantitative estimate of drug-likeness (QED) is 0.706. The first kappa shape index (κ1) is 20.5. The van der Waals surface area contributed by atoms with Crippen molar-refractivity contribution < 1.29 is 18.0 Å². The number of sulfonamides is 1. The highest BCUT2D eigenvalue weighted by atomic mass is 79.9. The summed E-state index contributed by atoms with van der Waals surface area (Å²) in [7, 11) is -3.85. The summed E-state index contributed by atoms with van der Waals surface area (Å²) < 4.78 is 27.6. The van der Waals surface area contributed by atoms with Crippen molar-refractivity contribution in [3.63, 3.8) is 0 Å². The summed E-state index contributed by atoms with van der Waals surface area (Å²) in [6.45, 7) is 2.10. The van der Waals surface area contributed by atoms with Crippen molar-refractivity contribution in [1.29, 1.82) is 0 Å². The molecule has 0 saturated carbocycles. The molecule has 1 saturated heterocycles. The summed E-state index contributed by atoms with van der Waals surface area (Å²) in [6, 6.07) is 13.2. The number of benzene rings is 2. The highest BCUT2D eigenvalue weighted by molar-refractivity contribution is 9.10. The van der Waals surface area contributed by atoms with Crippen LogP contribution < -0.4 is 10.6 Å². The van der Waals surface area contributed by atoms with Crippen LogP contribution in [0.4, 0.5) is 0 Å². The van der Waals surface area contributed by atoms with Crippen LogP contribution in [0.1, 0.15) is 28.9 Å². The van der Waals surface area contributed by atoms with Gasteiger partial charge in [0, 0.05) is 23.1 Å². The van der Waals surface area contributed by atoms with E-state index in [2.05, 4.69) is 26.6 Å². The Morgan fingerprint density at radius 2 is 1.93 bits per heavy atom. The van der Waals surface area contributed by atoms with E-state index in [1.807, 2.05) is 31.2 Å². The van der Waals surface area contributed by atoms with Crippen LogP contribution in [0.2, 0.25) is 0 Å². The number of nitrogens with zero attached hydrogens (tertiary/aromatic N) is 1. The van der Waals surface area contributed by atoms with E-state index in [9.17, 15) is 18.0 Å². The van der Waals surface area contributed by atoms with E-state index in [1.54, 1.807) is 6.07 Å². The lowest BCUT2D eigenvalue weighted by Gasteiger charge is -2.26. The molecule has 2 N–H and O–H groups in total. The Kier molecular flexibility index (Phi) is 6.17. The Hall–Kier alpha value is -2.23. The van der Waals surface area contributed by atoms with Crippen molar-refractivity contribution in [3.8, 4) is 0 Å². The largest absolute Gasteiger partial charge is 0.354 e. The maximum atomic E-state index is 12.8. The van der Waals surface area contributed by atoms with Gasteiger partial charge in [0.15, 0.2) is 0 Å². The number of carbonyl (C=O) groups excluding carboxylic acids is 2. The maximum absolute atomic E-state index is 12.8. The fourth-order valence-corrected chi connectivity index (χ4v) is 4.59. The van der Waals surface area contributed by atoms with Crippen molar-refractivity contribution in [1.82, 2.24) is 14.9 Å². The molecule has 0 unspecified atom stereocenters. The van der Waals surface area contributed by atoms with Crippen LogP contribution in [0, 0.1) is 0 Å². The van der Waals surface area contributed by atoms with Gasteiger partial charge in [-0.05, 0) is 42.8 Å². The van der Waals surface area contributed by atoms with Crippen molar-refractivity contribution in [2.45, 2.75) is 17.9 Å². The smallest absolute Gasteiger partial charge is 0.251 e. The second-order valence-electron chi connectivity index (χ2n) is 6.46. The Balaban J connectivity index is 1.77. The minimum atomic E-state index is -3.85. The number of amides is 2. The number of hydrogen-bond donors (Lipinski definition) is 2. The molecule has 0 aliphatic carbocycles. The molecule has 28 heavy (non-hydrogen) atoms. The molecule has 9 heteroatoms. The average molecular weight is 466 g/mol. The van der Waals surface area contributed by atoms with E-state index in [-0.39, 0.29) is 47.9 Å². The second-order valence-corrected chi connectivity index (χ2v) is 9.32. The molecule has 1 aliphatic rings. The molecule has 0 aromatic heterocycles. The van der Waals surface area contributed by atoms with Gasteiger partial charge < -0.3 is 10.6 Å².